The molecule has 0 aliphatic carbocycles. The Balaban J connectivity index is 2.43. The summed E-state index contributed by atoms with van der Waals surface area (Å²) in [7, 11) is 0. The number of rotatable bonds is 6. The number of carboxylic acid groups (broad SMARTS) is 1. The lowest BCUT2D eigenvalue weighted by Crippen LogP contribution is -2.26. The number of carboxylic acids is 1. The van der Waals surface area contributed by atoms with Crippen LogP contribution >= 0.6 is 23.1 Å². The zero-order valence-electron chi connectivity index (χ0n) is 8.47. The Morgan fingerprint density at radius 2 is 2.40 bits per heavy atom. The van der Waals surface area contributed by atoms with Crippen LogP contribution in [0.25, 0.3) is 0 Å². The van der Waals surface area contributed by atoms with Gasteiger partial charge in [-0.25, -0.2) is 4.79 Å². The molecule has 5 nitrogen and oxygen atoms in total. The monoisotopic (exact) mass is 248 g/mol. The minimum Gasteiger partial charge on any atom is -0.479 e. The van der Waals surface area contributed by atoms with E-state index in [9.17, 15) is 4.79 Å². The van der Waals surface area contributed by atoms with Gasteiger partial charge >= 0.3 is 5.97 Å². The van der Waals surface area contributed by atoms with Crippen LogP contribution in [0.5, 0.6) is 0 Å². The molecule has 1 atom stereocenters. The molecule has 1 aromatic rings. The van der Waals surface area contributed by atoms with Gasteiger partial charge in [0.1, 0.15) is 5.01 Å². The largest absolute Gasteiger partial charge is 0.479 e. The molecule has 0 amide bonds. The van der Waals surface area contributed by atoms with Crippen LogP contribution in [0.15, 0.2) is 4.34 Å². The van der Waals surface area contributed by atoms with Gasteiger partial charge in [0.25, 0.3) is 0 Å². The van der Waals surface area contributed by atoms with Gasteiger partial charge in [0.2, 0.25) is 0 Å². The third kappa shape index (κ3) is 4.15. The van der Waals surface area contributed by atoms with Crippen molar-refractivity contribution in [2.45, 2.75) is 24.3 Å². The average molecular weight is 248 g/mol. The van der Waals surface area contributed by atoms with Gasteiger partial charge in [-0.3, -0.25) is 0 Å². The predicted molar refractivity (Wildman–Crippen MR) is 58.4 cm³/mol. The minimum absolute atomic E-state index is 0.359. The molecule has 0 aliphatic rings. The molecule has 0 aromatic carbocycles. The van der Waals surface area contributed by atoms with Gasteiger partial charge in [-0.05, 0) is 13.8 Å². The topological polar surface area (TPSA) is 72.3 Å². The van der Waals surface area contributed by atoms with Crippen molar-refractivity contribution in [2.24, 2.45) is 0 Å². The summed E-state index contributed by atoms with van der Waals surface area (Å²) in [6, 6.07) is 0. The fourth-order valence-electron chi connectivity index (χ4n) is 0.876. The molecule has 0 bridgehead atoms. The third-order valence-corrected chi connectivity index (χ3v) is 3.54. The van der Waals surface area contributed by atoms with E-state index in [1.165, 1.54) is 23.1 Å². The summed E-state index contributed by atoms with van der Waals surface area (Å²) in [4.78, 5) is 10.7. The number of hydrogen-bond acceptors (Lipinski definition) is 6. The summed E-state index contributed by atoms with van der Waals surface area (Å²) in [5.41, 5.74) is 0. The molecule has 0 fully saturated rings. The van der Waals surface area contributed by atoms with Crippen LogP contribution in [0.3, 0.4) is 0 Å². The van der Waals surface area contributed by atoms with Crippen molar-refractivity contribution in [3.8, 4) is 0 Å². The molecule has 1 rings (SSSR count). The van der Waals surface area contributed by atoms with E-state index in [0.29, 0.717) is 12.4 Å². The number of aromatic nitrogens is 2. The van der Waals surface area contributed by atoms with E-state index in [-0.39, 0.29) is 0 Å². The van der Waals surface area contributed by atoms with Gasteiger partial charge in [-0.2, -0.15) is 0 Å². The molecule has 0 spiro atoms. The van der Waals surface area contributed by atoms with Crippen LogP contribution in [0.2, 0.25) is 0 Å². The Hall–Kier alpha value is -0.660. The van der Waals surface area contributed by atoms with Crippen LogP contribution < -0.4 is 0 Å². The van der Waals surface area contributed by atoms with Crippen molar-refractivity contribution in [3.63, 3.8) is 0 Å². The molecule has 7 heteroatoms. The minimum atomic E-state index is -0.939. The fourth-order valence-corrected chi connectivity index (χ4v) is 2.72. The molecule has 1 unspecified atom stereocenters. The van der Waals surface area contributed by atoms with Crippen molar-refractivity contribution in [1.82, 2.24) is 10.2 Å². The van der Waals surface area contributed by atoms with E-state index < -0.39 is 12.1 Å². The Morgan fingerprint density at radius 3 is 2.87 bits per heavy atom. The summed E-state index contributed by atoms with van der Waals surface area (Å²) < 4.78 is 5.84. The molecular formula is C8H12N2O3S2. The smallest absolute Gasteiger partial charge is 0.333 e. The molecule has 0 aliphatic heterocycles. The summed E-state index contributed by atoms with van der Waals surface area (Å²) >= 11 is 2.81. The van der Waals surface area contributed by atoms with Gasteiger partial charge in [0.05, 0.1) is 0 Å². The Morgan fingerprint density at radius 1 is 1.67 bits per heavy atom. The van der Waals surface area contributed by atoms with Crippen LogP contribution in [0.4, 0.5) is 0 Å². The summed E-state index contributed by atoms with van der Waals surface area (Å²) in [6.07, 6.45) is -0.774. The highest BCUT2D eigenvalue weighted by Crippen LogP contribution is 2.23. The van der Waals surface area contributed by atoms with Crippen molar-refractivity contribution < 1.29 is 14.6 Å². The van der Waals surface area contributed by atoms with E-state index in [1.807, 2.05) is 6.92 Å². The van der Waals surface area contributed by atoms with Crippen molar-refractivity contribution in [1.29, 1.82) is 0 Å². The van der Waals surface area contributed by atoms with Gasteiger partial charge in [0, 0.05) is 12.4 Å². The maximum absolute atomic E-state index is 10.7. The number of aliphatic carboxylic acids is 1. The third-order valence-electron chi connectivity index (χ3n) is 1.51. The second-order valence-electron chi connectivity index (χ2n) is 2.68. The van der Waals surface area contributed by atoms with Crippen molar-refractivity contribution in [3.05, 3.63) is 5.01 Å². The first kappa shape index (κ1) is 12.4. The molecule has 1 aromatic heterocycles. The highest BCUT2D eigenvalue weighted by atomic mass is 32.2. The van der Waals surface area contributed by atoms with E-state index >= 15 is 0 Å². The number of nitrogens with zero attached hydrogens (tertiary/aromatic N) is 2. The van der Waals surface area contributed by atoms with Gasteiger partial charge in [-0.1, -0.05) is 23.1 Å². The van der Waals surface area contributed by atoms with Gasteiger partial charge < -0.3 is 9.84 Å². The summed E-state index contributed by atoms with van der Waals surface area (Å²) in [5.74, 6) is -0.580. The first-order chi connectivity index (χ1) is 7.13. The maximum Gasteiger partial charge on any atom is 0.333 e. The van der Waals surface area contributed by atoms with Gasteiger partial charge in [-0.15, -0.1) is 10.2 Å². The normalized spacial score (nSPS) is 12.7. The van der Waals surface area contributed by atoms with Crippen LogP contribution in [-0.2, 0) is 9.53 Å². The molecule has 1 heterocycles. The van der Waals surface area contributed by atoms with E-state index in [2.05, 4.69) is 10.2 Å². The lowest BCUT2D eigenvalue weighted by atomic mass is 10.4. The average Bonchev–Trinajstić information content (AvgIpc) is 2.58. The first-order valence-corrected chi connectivity index (χ1v) is 6.21. The molecule has 15 heavy (non-hydrogen) atoms. The number of thioether (sulfide) groups is 1. The maximum atomic E-state index is 10.7. The number of hydrogen-bond donors (Lipinski definition) is 1. The molecule has 0 saturated heterocycles. The Labute approximate surface area is 95.9 Å². The molecular weight excluding hydrogens is 236 g/mol. The van der Waals surface area contributed by atoms with E-state index in [4.69, 9.17) is 9.84 Å². The van der Waals surface area contributed by atoms with Crippen LogP contribution in [-0.4, -0.2) is 39.7 Å². The van der Waals surface area contributed by atoms with E-state index in [0.717, 1.165) is 9.35 Å². The highest BCUT2D eigenvalue weighted by molar-refractivity contribution is 8.01. The fraction of sp³-hybridized carbons (Fsp3) is 0.625. The van der Waals surface area contributed by atoms with Crippen molar-refractivity contribution >= 4 is 29.1 Å². The molecule has 0 saturated carbocycles. The SMILES string of the molecule is CCOC(CSc1nnc(C)s1)C(=O)O. The Bertz CT molecular complexity index is 329. The number of ether oxygens (including phenoxy) is 1. The molecule has 0 radical (unpaired) electrons. The summed E-state index contributed by atoms with van der Waals surface area (Å²) in [5, 5.41) is 17.4. The zero-order chi connectivity index (χ0) is 11.3. The second-order valence-corrected chi connectivity index (χ2v) is 5.13. The predicted octanol–water partition coefficient (Wildman–Crippen LogP) is 1.43. The molecule has 1 N–H and O–H groups in total. The second kappa shape index (κ2) is 6.04. The number of aryl methyl sites for hydroxylation is 1. The quantitative estimate of drug-likeness (QED) is 0.768. The summed E-state index contributed by atoms with van der Waals surface area (Å²) in [6.45, 7) is 4.03. The molecule has 84 valence electrons. The Kier molecular flexibility index (Phi) is 5.00. The first-order valence-electron chi connectivity index (χ1n) is 4.40. The zero-order valence-corrected chi connectivity index (χ0v) is 10.1. The van der Waals surface area contributed by atoms with Gasteiger partial charge in [0.15, 0.2) is 10.4 Å². The van der Waals surface area contributed by atoms with Crippen molar-refractivity contribution in [2.75, 3.05) is 12.4 Å². The standard InChI is InChI=1S/C8H12N2O3S2/c1-3-13-6(7(11)12)4-14-8-10-9-5(2)15-8/h6H,3-4H2,1-2H3,(H,11,12). The highest BCUT2D eigenvalue weighted by Gasteiger charge is 2.18. The van der Waals surface area contributed by atoms with Crippen LogP contribution in [0, 0.1) is 6.92 Å². The lowest BCUT2D eigenvalue weighted by Gasteiger charge is -2.09. The van der Waals surface area contributed by atoms with E-state index in [1.54, 1.807) is 6.92 Å². The lowest BCUT2D eigenvalue weighted by molar-refractivity contribution is -0.148. The number of carbonyl (C=O) groups is 1. The van der Waals surface area contributed by atoms with Crippen LogP contribution in [0.1, 0.15) is 11.9 Å².